The minimum atomic E-state index is -2.82. The van der Waals surface area contributed by atoms with Gasteiger partial charge in [-0.25, -0.2) is 15.0 Å². The van der Waals surface area contributed by atoms with Crippen molar-refractivity contribution in [1.82, 2.24) is 15.0 Å². The third kappa shape index (κ3) is 4.59. The molecule has 3 aromatic rings. The highest BCUT2D eigenvalue weighted by molar-refractivity contribution is 5.52. The van der Waals surface area contributed by atoms with Gasteiger partial charge in [-0.05, 0) is 36.2 Å². The minimum absolute atomic E-state index is 0.143. The molecule has 0 fully saturated rings. The fraction of sp³-hybridized carbons (Fsp3) is 0.286. The maximum atomic E-state index is 12.3. The number of rotatable bonds is 6. The number of hydrogen-bond acceptors (Lipinski definition) is 6. The summed E-state index contributed by atoms with van der Waals surface area (Å²) in [4.78, 5) is 15.6. The predicted molar refractivity (Wildman–Crippen MR) is 106 cm³/mol. The van der Waals surface area contributed by atoms with E-state index in [-0.39, 0.29) is 5.75 Å². The Morgan fingerprint density at radius 2 is 1.93 bits per heavy atom. The lowest BCUT2D eigenvalue weighted by molar-refractivity contribution is -0.0498. The van der Waals surface area contributed by atoms with Gasteiger partial charge >= 0.3 is 6.61 Å². The topological polar surface area (TPSA) is 63.2 Å². The monoisotopic (exact) mass is 397 g/mol. The van der Waals surface area contributed by atoms with Crippen LogP contribution in [0.5, 0.6) is 5.75 Å². The van der Waals surface area contributed by atoms with Gasteiger partial charge in [0, 0.05) is 37.8 Å². The van der Waals surface area contributed by atoms with E-state index in [4.69, 9.17) is 0 Å². The van der Waals surface area contributed by atoms with Crippen molar-refractivity contribution in [2.75, 3.05) is 16.8 Å². The van der Waals surface area contributed by atoms with E-state index in [1.165, 1.54) is 12.1 Å². The van der Waals surface area contributed by atoms with Crippen LogP contribution in [-0.2, 0) is 19.5 Å². The molecule has 150 valence electrons. The SMILES string of the molecule is Cc1ccc(N2CCc3ncnc(NCc4ccc(OC(F)F)cc4)c3C2)nc1. The molecule has 1 N–H and O–H groups in total. The van der Waals surface area contributed by atoms with E-state index in [0.29, 0.717) is 13.1 Å². The van der Waals surface area contributed by atoms with Gasteiger partial charge in [0.25, 0.3) is 0 Å². The van der Waals surface area contributed by atoms with Crippen LogP contribution in [-0.4, -0.2) is 28.1 Å². The molecule has 1 aromatic carbocycles. The summed E-state index contributed by atoms with van der Waals surface area (Å²) in [5.41, 5.74) is 4.15. The average Bonchev–Trinajstić information content (AvgIpc) is 2.73. The molecular weight excluding hydrogens is 376 g/mol. The summed E-state index contributed by atoms with van der Waals surface area (Å²) in [7, 11) is 0. The average molecular weight is 397 g/mol. The van der Waals surface area contributed by atoms with E-state index in [1.807, 2.05) is 19.2 Å². The number of pyridine rings is 1. The molecule has 1 aliphatic heterocycles. The molecule has 0 amide bonds. The van der Waals surface area contributed by atoms with Gasteiger partial charge in [0.05, 0.1) is 5.69 Å². The largest absolute Gasteiger partial charge is 0.435 e. The van der Waals surface area contributed by atoms with Crippen molar-refractivity contribution in [1.29, 1.82) is 0 Å². The van der Waals surface area contributed by atoms with E-state index >= 15 is 0 Å². The first-order valence-electron chi connectivity index (χ1n) is 9.36. The lowest BCUT2D eigenvalue weighted by atomic mass is 10.1. The van der Waals surface area contributed by atoms with E-state index in [0.717, 1.165) is 47.0 Å². The van der Waals surface area contributed by atoms with Gasteiger partial charge in [-0.15, -0.1) is 0 Å². The Bertz CT molecular complexity index is 964. The summed E-state index contributed by atoms with van der Waals surface area (Å²) in [6, 6.07) is 10.6. The van der Waals surface area contributed by atoms with Crippen LogP contribution < -0.4 is 15.0 Å². The third-order valence-electron chi connectivity index (χ3n) is 4.83. The highest BCUT2D eigenvalue weighted by Gasteiger charge is 2.22. The molecule has 3 heterocycles. The molecule has 8 heteroatoms. The Kier molecular flexibility index (Phi) is 5.50. The van der Waals surface area contributed by atoms with Crippen LogP contribution in [0.4, 0.5) is 20.4 Å². The van der Waals surface area contributed by atoms with E-state index in [9.17, 15) is 8.78 Å². The molecule has 0 spiro atoms. The lowest BCUT2D eigenvalue weighted by Crippen LogP contribution is -2.32. The Labute approximate surface area is 167 Å². The molecule has 0 bridgehead atoms. The summed E-state index contributed by atoms with van der Waals surface area (Å²) < 4.78 is 28.9. The number of nitrogens with one attached hydrogen (secondary N) is 1. The normalized spacial score (nSPS) is 13.3. The first-order valence-corrected chi connectivity index (χ1v) is 9.36. The van der Waals surface area contributed by atoms with Crippen LogP contribution in [0.15, 0.2) is 48.9 Å². The number of hydrogen-bond donors (Lipinski definition) is 1. The quantitative estimate of drug-likeness (QED) is 0.679. The van der Waals surface area contributed by atoms with Gasteiger partial charge in [-0.1, -0.05) is 18.2 Å². The maximum Gasteiger partial charge on any atom is 0.387 e. The molecule has 1 aliphatic rings. The number of ether oxygens (including phenoxy) is 1. The summed E-state index contributed by atoms with van der Waals surface area (Å²) in [6.45, 7) is 1.24. The zero-order valence-corrected chi connectivity index (χ0v) is 16.0. The minimum Gasteiger partial charge on any atom is -0.435 e. The van der Waals surface area contributed by atoms with Crippen molar-refractivity contribution in [2.45, 2.75) is 33.0 Å². The molecule has 0 saturated carbocycles. The van der Waals surface area contributed by atoms with Crippen LogP contribution in [0, 0.1) is 6.92 Å². The third-order valence-corrected chi connectivity index (χ3v) is 4.83. The number of aromatic nitrogens is 3. The Morgan fingerprint density at radius 3 is 2.66 bits per heavy atom. The van der Waals surface area contributed by atoms with Crippen LogP contribution in [0.1, 0.15) is 22.4 Å². The molecule has 6 nitrogen and oxygen atoms in total. The molecule has 0 saturated heterocycles. The number of benzene rings is 1. The van der Waals surface area contributed by atoms with E-state index < -0.39 is 6.61 Å². The zero-order chi connectivity index (χ0) is 20.2. The van der Waals surface area contributed by atoms with Gasteiger partial charge in [0.2, 0.25) is 0 Å². The number of fused-ring (bicyclic) bond motifs is 1. The van der Waals surface area contributed by atoms with E-state index in [1.54, 1.807) is 18.5 Å². The first kappa shape index (κ1) is 19.0. The molecule has 0 radical (unpaired) electrons. The van der Waals surface area contributed by atoms with Crippen LogP contribution >= 0.6 is 0 Å². The standard InChI is InChI=1S/C21H21F2N5O/c1-14-2-7-19(24-10-14)28-9-8-18-17(12-28)20(27-13-26-18)25-11-15-3-5-16(6-4-15)29-21(22)23/h2-7,10,13,21H,8-9,11-12H2,1H3,(H,25,26,27). The highest BCUT2D eigenvalue weighted by Crippen LogP contribution is 2.26. The van der Waals surface area contributed by atoms with Crippen LogP contribution in [0.3, 0.4) is 0 Å². The van der Waals surface area contributed by atoms with Crippen molar-refractivity contribution >= 4 is 11.6 Å². The number of anilines is 2. The fourth-order valence-corrected chi connectivity index (χ4v) is 3.31. The maximum absolute atomic E-state index is 12.3. The van der Waals surface area contributed by atoms with Gasteiger partial charge in [0.1, 0.15) is 23.7 Å². The smallest absolute Gasteiger partial charge is 0.387 e. The van der Waals surface area contributed by atoms with Crippen LogP contribution in [0.2, 0.25) is 0 Å². The zero-order valence-electron chi connectivity index (χ0n) is 16.0. The highest BCUT2D eigenvalue weighted by atomic mass is 19.3. The molecule has 2 aromatic heterocycles. The molecule has 29 heavy (non-hydrogen) atoms. The second-order valence-electron chi connectivity index (χ2n) is 6.89. The Morgan fingerprint density at radius 1 is 1.10 bits per heavy atom. The molecule has 0 aliphatic carbocycles. The molecule has 0 atom stereocenters. The number of halogens is 2. The fourth-order valence-electron chi connectivity index (χ4n) is 3.31. The number of nitrogens with zero attached hydrogens (tertiary/aromatic N) is 4. The second kappa shape index (κ2) is 8.38. The van der Waals surface area contributed by atoms with Crippen molar-refractivity contribution < 1.29 is 13.5 Å². The number of alkyl halides is 2. The van der Waals surface area contributed by atoms with Crippen molar-refractivity contribution in [3.63, 3.8) is 0 Å². The Balaban J connectivity index is 1.46. The summed E-state index contributed by atoms with van der Waals surface area (Å²) >= 11 is 0. The van der Waals surface area contributed by atoms with Gasteiger partial charge < -0.3 is 15.0 Å². The Hall–Kier alpha value is -3.29. The molecule has 0 unspecified atom stereocenters. The predicted octanol–water partition coefficient (Wildman–Crippen LogP) is 3.96. The first-order chi connectivity index (χ1) is 14.1. The number of aryl methyl sites for hydroxylation is 1. The van der Waals surface area contributed by atoms with Gasteiger partial charge in [-0.3, -0.25) is 0 Å². The lowest BCUT2D eigenvalue weighted by Gasteiger charge is -2.30. The summed E-state index contributed by atoms with van der Waals surface area (Å²) in [5, 5.41) is 3.34. The van der Waals surface area contributed by atoms with Gasteiger partial charge in [0.15, 0.2) is 0 Å². The van der Waals surface area contributed by atoms with Crippen molar-refractivity contribution in [3.8, 4) is 5.75 Å². The second-order valence-corrected chi connectivity index (χ2v) is 6.89. The summed E-state index contributed by atoms with van der Waals surface area (Å²) in [5.74, 6) is 1.86. The van der Waals surface area contributed by atoms with E-state index in [2.05, 4.69) is 36.0 Å². The van der Waals surface area contributed by atoms with Gasteiger partial charge in [-0.2, -0.15) is 8.78 Å². The van der Waals surface area contributed by atoms with Crippen LogP contribution in [0.25, 0.3) is 0 Å². The van der Waals surface area contributed by atoms with Crippen molar-refractivity contribution in [2.24, 2.45) is 0 Å². The summed E-state index contributed by atoms with van der Waals surface area (Å²) in [6.07, 6.45) is 4.26. The molecule has 4 rings (SSSR count). The van der Waals surface area contributed by atoms with Crippen molar-refractivity contribution in [3.05, 3.63) is 71.3 Å². The molecular formula is C21H21F2N5O.